The first-order chi connectivity index (χ1) is 11.7. The smallest absolute Gasteiger partial charge is 0.241 e. The van der Waals surface area contributed by atoms with Gasteiger partial charge in [-0.1, -0.05) is 6.07 Å². The van der Waals surface area contributed by atoms with Gasteiger partial charge in [0.2, 0.25) is 5.91 Å². The molecule has 1 N–H and O–H groups in total. The Morgan fingerprint density at radius 1 is 1.12 bits per heavy atom. The molecule has 130 valence electrons. The summed E-state index contributed by atoms with van der Waals surface area (Å²) in [7, 11) is 0. The monoisotopic (exact) mass is 327 g/mol. The highest BCUT2D eigenvalue weighted by Crippen LogP contribution is 2.26. The van der Waals surface area contributed by atoms with Crippen LogP contribution in [0.1, 0.15) is 43.7 Å². The van der Waals surface area contributed by atoms with E-state index in [4.69, 9.17) is 0 Å². The van der Waals surface area contributed by atoms with Gasteiger partial charge >= 0.3 is 0 Å². The number of rotatable bonds is 3. The van der Waals surface area contributed by atoms with E-state index in [9.17, 15) is 4.79 Å². The molecule has 2 aliphatic heterocycles. The Hall–Kier alpha value is -1.39. The average Bonchev–Trinajstić information content (AvgIpc) is 3.18. The molecule has 24 heavy (non-hydrogen) atoms. The van der Waals surface area contributed by atoms with E-state index in [0.717, 1.165) is 25.2 Å². The van der Waals surface area contributed by atoms with Crippen LogP contribution in [-0.4, -0.2) is 54.0 Å². The lowest BCUT2D eigenvalue weighted by Crippen LogP contribution is -2.46. The van der Waals surface area contributed by atoms with E-state index in [0.29, 0.717) is 6.04 Å². The summed E-state index contributed by atoms with van der Waals surface area (Å²) in [4.78, 5) is 17.8. The molecule has 1 aromatic rings. The Labute approximate surface area is 145 Å². The molecule has 0 saturated carbocycles. The van der Waals surface area contributed by atoms with Crippen molar-refractivity contribution in [1.29, 1.82) is 0 Å². The van der Waals surface area contributed by atoms with Gasteiger partial charge in [-0.25, -0.2) is 0 Å². The molecule has 4 nitrogen and oxygen atoms in total. The fourth-order valence-corrected chi connectivity index (χ4v) is 4.65. The number of aryl methyl sites for hydroxylation is 2. The third-order valence-electron chi connectivity index (χ3n) is 6.13. The summed E-state index contributed by atoms with van der Waals surface area (Å²) in [6, 6.07) is 7.02. The van der Waals surface area contributed by atoms with E-state index in [1.807, 2.05) is 0 Å². The van der Waals surface area contributed by atoms with Gasteiger partial charge in [0.05, 0.1) is 6.04 Å². The van der Waals surface area contributed by atoms with Crippen LogP contribution in [0.2, 0.25) is 0 Å². The molecular weight excluding hydrogens is 298 g/mol. The van der Waals surface area contributed by atoms with Crippen LogP contribution in [0, 0.1) is 0 Å². The lowest BCUT2D eigenvalue weighted by Gasteiger charge is -2.29. The minimum Gasteiger partial charge on any atom is -0.325 e. The van der Waals surface area contributed by atoms with Crippen LogP contribution >= 0.6 is 0 Å². The molecule has 2 saturated heterocycles. The van der Waals surface area contributed by atoms with Crippen molar-refractivity contribution in [3.8, 4) is 0 Å². The Kier molecular flexibility index (Phi) is 4.59. The summed E-state index contributed by atoms with van der Waals surface area (Å²) in [5.74, 6) is 0.138. The number of anilines is 1. The normalized spacial score (nSPS) is 25.8. The van der Waals surface area contributed by atoms with Crippen molar-refractivity contribution in [3.05, 3.63) is 29.3 Å². The van der Waals surface area contributed by atoms with Crippen LogP contribution in [0.4, 0.5) is 5.69 Å². The van der Waals surface area contributed by atoms with Crippen LogP contribution in [0.3, 0.4) is 0 Å². The number of hydrogen-bond donors (Lipinski definition) is 1. The number of fused-ring (bicyclic) bond motifs is 2. The highest BCUT2D eigenvalue weighted by molar-refractivity contribution is 5.94. The van der Waals surface area contributed by atoms with Gasteiger partial charge < -0.3 is 5.32 Å². The fraction of sp³-hybridized carbons (Fsp3) is 0.650. The van der Waals surface area contributed by atoms with Crippen LogP contribution in [0.5, 0.6) is 0 Å². The number of carbonyl (C=O) groups excluding carboxylic acids is 1. The first-order valence-electron chi connectivity index (χ1n) is 9.61. The van der Waals surface area contributed by atoms with Gasteiger partial charge in [-0.15, -0.1) is 0 Å². The number of nitrogens with one attached hydrogen (secondary N) is 1. The van der Waals surface area contributed by atoms with Crippen molar-refractivity contribution in [3.63, 3.8) is 0 Å². The van der Waals surface area contributed by atoms with Gasteiger partial charge in [-0.05, 0) is 81.8 Å². The van der Waals surface area contributed by atoms with Gasteiger partial charge in [-0.2, -0.15) is 0 Å². The lowest BCUT2D eigenvalue weighted by molar-refractivity contribution is -0.120. The number of carbonyl (C=O) groups is 1. The molecule has 4 rings (SSSR count). The maximum atomic E-state index is 12.7. The van der Waals surface area contributed by atoms with Crippen molar-refractivity contribution in [2.24, 2.45) is 0 Å². The third kappa shape index (κ3) is 3.22. The second-order valence-corrected chi connectivity index (χ2v) is 7.68. The predicted molar refractivity (Wildman–Crippen MR) is 97.3 cm³/mol. The Balaban J connectivity index is 1.40. The molecule has 0 unspecified atom stereocenters. The standard InChI is InChI=1S/C20H29N3O/c1-15(23-12-4-11-22-10-3-7-19(22)14-23)20(24)21-18-9-8-16-5-2-6-17(16)13-18/h8-9,13,15,19H,2-7,10-12,14H2,1H3,(H,21,24)/t15-,19+/m1/s1. The maximum Gasteiger partial charge on any atom is 0.241 e. The molecule has 0 spiro atoms. The molecule has 2 fully saturated rings. The molecule has 2 heterocycles. The van der Waals surface area contributed by atoms with Crippen LogP contribution in [-0.2, 0) is 17.6 Å². The number of nitrogens with zero attached hydrogens (tertiary/aromatic N) is 2. The van der Waals surface area contributed by atoms with Gasteiger partial charge in [0.25, 0.3) is 0 Å². The molecule has 0 radical (unpaired) electrons. The van der Waals surface area contributed by atoms with Gasteiger partial charge in [0, 0.05) is 24.8 Å². The number of benzene rings is 1. The quantitative estimate of drug-likeness (QED) is 0.927. The minimum absolute atomic E-state index is 0.0567. The topological polar surface area (TPSA) is 35.6 Å². The Bertz CT molecular complexity index is 615. The molecular formula is C20H29N3O. The minimum atomic E-state index is -0.0567. The molecule has 2 atom stereocenters. The summed E-state index contributed by atoms with van der Waals surface area (Å²) in [6.07, 6.45) is 7.36. The Morgan fingerprint density at radius 2 is 1.96 bits per heavy atom. The number of amides is 1. The van der Waals surface area contributed by atoms with E-state index in [-0.39, 0.29) is 11.9 Å². The first-order valence-corrected chi connectivity index (χ1v) is 9.61. The maximum absolute atomic E-state index is 12.7. The van der Waals surface area contributed by atoms with Gasteiger partial charge in [0.15, 0.2) is 0 Å². The zero-order valence-electron chi connectivity index (χ0n) is 14.8. The molecule has 1 amide bonds. The zero-order valence-corrected chi connectivity index (χ0v) is 14.8. The van der Waals surface area contributed by atoms with Gasteiger partial charge in [0.1, 0.15) is 0 Å². The van der Waals surface area contributed by atoms with Crippen molar-refractivity contribution >= 4 is 11.6 Å². The zero-order chi connectivity index (χ0) is 16.5. The highest BCUT2D eigenvalue weighted by Gasteiger charge is 2.32. The SMILES string of the molecule is C[C@H](C(=O)Nc1ccc2c(c1)CCC2)N1CCCN2CCC[C@H]2C1. The predicted octanol–water partition coefficient (Wildman–Crippen LogP) is 2.67. The van der Waals surface area contributed by atoms with Gasteiger partial charge in [-0.3, -0.25) is 14.6 Å². The van der Waals surface area contributed by atoms with E-state index in [2.05, 4.69) is 40.2 Å². The average molecular weight is 327 g/mol. The molecule has 3 aliphatic rings. The third-order valence-corrected chi connectivity index (χ3v) is 6.13. The highest BCUT2D eigenvalue weighted by atomic mass is 16.2. The molecule has 4 heteroatoms. The second-order valence-electron chi connectivity index (χ2n) is 7.68. The first kappa shape index (κ1) is 16.1. The van der Waals surface area contributed by atoms with Crippen molar-refractivity contribution in [1.82, 2.24) is 9.80 Å². The molecule has 0 bridgehead atoms. The van der Waals surface area contributed by atoms with E-state index in [1.165, 1.54) is 56.3 Å². The summed E-state index contributed by atoms with van der Waals surface area (Å²) in [5, 5.41) is 3.15. The van der Waals surface area contributed by atoms with Crippen molar-refractivity contribution in [2.75, 3.05) is 31.5 Å². The molecule has 1 aromatic carbocycles. The van der Waals surface area contributed by atoms with E-state index in [1.54, 1.807) is 0 Å². The fourth-order valence-electron chi connectivity index (χ4n) is 4.65. The van der Waals surface area contributed by atoms with Crippen molar-refractivity contribution in [2.45, 2.75) is 57.5 Å². The van der Waals surface area contributed by atoms with Crippen LogP contribution in [0.25, 0.3) is 0 Å². The van der Waals surface area contributed by atoms with Crippen molar-refractivity contribution < 1.29 is 4.79 Å². The second kappa shape index (κ2) is 6.85. The largest absolute Gasteiger partial charge is 0.325 e. The van der Waals surface area contributed by atoms with Crippen LogP contribution in [0.15, 0.2) is 18.2 Å². The van der Waals surface area contributed by atoms with E-state index < -0.39 is 0 Å². The molecule has 0 aromatic heterocycles. The lowest BCUT2D eigenvalue weighted by atomic mass is 10.1. The Morgan fingerprint density at radius 3 is 2.88 bits per heavy atom. The molecule has 1 aliphatic carbocycles. The van der Waals surface area contributed by atoms with Crippen LogP contribution < -0.4 is 5.32 Å². The summed E-state index contributed by atoms with van der Waals surface area (Å²) in [6.45, 7) is 6.58. The van der Waals surface area contributed by atoms with E-state index >= 15 is 0 Å². The summed E-state index contributed by atoms with van der Waals surface area (Å²) >= 11 is 0. The number of hydrogen-bond acceptors (Lipinski definition) is 3. The summed E-state index contributed by atoms with van der Waals surface area (Å²) < 4.78 is 0. The summed E-state index contributed by atoms with van der Waals surface area (Å²) in [5.41, 5.74) is 3.83.